The molecule has 3 aliphatic rings. The van der Waals surface area contributed by atoms with Crippen LogP contribution in [0.25, 0.3) is 0 Å². The zero-order chi connectivity index (χ0) is 19.5. The van der Waals surface area contributed by atoms with Gasteiger partial charge in [0.2, 0.25) is 0 Å². The molecule has 2 fully saturated rings. The molecule has 1 aromatic rings. The lowest BCUT2D eigenvalue weighted by Gasteiger charge is -2.39. The van der Waals surface area contributed by atoms with Gasteiger partial charge in [-0.15, -0.1) is 0 Å². The van der Waals surface area contributed by atoms with Crippen LogP contribution in [-0.2, 0) is 6.54 Å². The molecular formula is C20H31N5O3. The second-order valence-corrected chi connectivity index (χ2v) is 8.44. The second kappa shape index (κ2) is 8.61. The fourth-order valence-electron chi connectivity index (χ4n) is 4.71. The zero-order valence-corrected chi connectivity index (χ0v) is 16.4. The van der Waals surface area contributed by atoms with Crippen molar-refractivity contribution in [1.29, 1.82) is 0 Å². The molecule has 3 heterocycles. The summed E-state index contributed by atoms with van der Waals surface area (Å²) in [7, 11) is 0. The van der Waals surface area contributed by atoms with Crippen LogP contribution in [0.4, 0.5) is 0 Å². The first-order valence-corrected chi connectivity index (χ1v) is 10.7. The molecule has 0 bridgehead atoms. The first-order chi connectivity index (χ1) is 13.6. The van der Waals surface area contributed by atoms with Gasteiger partial charge in [0.05, 0.1) is 12.6 Å². The average molecular weight is 390 g/mol. The highest BCUT2D eigenvalue weighted by molar-refractivity contribution is 5.98. The molecule has 0 spiro atoms. The number of aromatic nitrogens is 2. The largest absolute Gasteiger partial charge is 0.389 e. The molecule has 1 unspecified atom stereocenters. The van der Waals surface area contributed by atoms with Crippen molar-refractivity contribution in [2.45, 2.75) is 63.6 Å². The molecule has 2 amide bonds. The van der Waals surface area contributed by atoms with Crippen LogP contribution < -0.4 is 10.6 Å². The summed E-state index contributed by atoms with van der Waals surface area (Å²) in [4.78, 5) is 27.2. The van der Waals surface area contributed by atoms with Gasteiger partial charge >= 0.3 is 0 Å². The van der Waals surface area contributed by atoms with E-state index < -0.39 is 6.10 Å². The van der Waals surface area contributed by atoms with E-state index in [0.29, 0.717) is 18.2 Å². The van der Waals surface area contributed by atoms with Gasteiger partial charge < -0.3 is 20.6 Å². The average Bonchev–Trinajstić information content (AvgIpc) is 3.09. The Kier molecular flexibility index (Phi) is 5.96. The maximum absolute atomic E-state index is 12.5. The number of nitrogens with one attached hydrogen (secondary N) is 2. The lowest BCUT2D eigenvalue weighted by atomic mass is 9.90. The predicted molar refractivity (Wildman–Crippen MR) is 104 cm³/mol. The standard InChI is InChI=1S/C20H31N5O3/c26-16-12-22-20(28)18-10-17(23-25(18)13-16)19(27)21-11-14-6-8-24(9-7-14)15-4-2-1-3-5-15/h10,14-16,26H,1-9,11-13H2,(H,21,27)(H,22,28). The summed E-state index contributed by atoms with van der Waals surface area (Å²) in [6.07, 6.45) is 8.33. The molecular weight excluding hydrogens is 358 g/mol. The van der Waals surface area contributed by atoms with E-state index in [1.165, 1.54) is 42.9 Å². The molecule has 1 saturated heterocycles. The van der Waals surface area contributed by atoms with E-state index in [2.05, 4.69) is 20.6 Å². The fraction of sp³-hybridized carbons (Fsp3) is 0.750. The second-order valence-electron chi connectivity index (χ2n) is 8.44. The van der Waals surface area contributed by atoms with Crippen molar-refractivity contribution in [3.05, 3.63) is 17.5 Å². The first-order valence-electron chi connectivity index (χ1n) is 10.7. The minimum Gasteiger partial charge on any atom is -0.389 e. The summed E-state index contributed by atoms with van der Waals surface area (Å²) >= 11 is 0. The lowest BCUT2D eigenvalue weighted by Crippen LogP contribution is -2.44. The van der Waals surface area contributed by atoms with Gasteiger partial charge in [-0.2, -0.15) is 5.10 Å². The molecule has 1 aromatic heterocycles. The molecule has 1 saturated carbocycles. The Balaban J connectivity index is 1.27. The summed E-state index contributed by atoms with van der Waals surface area (Å²) in [5, 5.41) is 19.7. The number of carbonyl (C=O) groups is 2. The number of hydrogen-bond acceptors (Lipinski definition) is 5. The number of aliphatic hydroxyl groups excluding tert-OH is 1. The topological polar surface area (TPSA) is 99.5 Å². The highest BCUT2D eigenvalue weighted by Crippen LogP contribution is 2.26. The van der Waals surface area contributed by atoms with Gasteiger partial charge in [0.15, 0.2) is 5.69 Å². The van der Waals surface area contributed by atoms with E-state index in [1.807, 2.05) is 0 Å². The third-order valence-electron chi connectivity index (χ3n) is 6.42. The summed E-state index contributed by atoms with van der Waals surface area (Å²) < 4.78 is 1.42. The van der Waals surface area contributed by atoms with Crippen molar-refractivity contribution in [3.63, 3.8) is 0 Å². The fourth-order valence-corrected chi connectivity index (χ4v) is 4.71. The van der Waals surface area contributed by atoms with Crippen LogP contribution in [0.15, 0.2) is 6.07 Å². The smallest absolute Gasteiger partial charge is 0.271 e. The zero-order valence-electron chi connectivity index (χ0n) is 16.4. The van der Waals surface area contributed by atoms with Gasteiger partial charge in [-0.1, -0.05) is 19.3 Å². The highest BCUT2D eigenvalue weighted by atomic mass is 16.3. The molecule has 8 nitrogen and oxygen atoms in total. The third kappa shape index (κ3) is 4.38. The van der Waals surface area contributed by atoms with Crippen LogP contribution in [0.2, 0.25) is 0 Å². The molecule has 3 N–H and O–H groups in total. The summed E-state index contributed by atoms with van der Waals surface area (Å²) in [6, 6.07) is 2.28. The number of amides is 2. The maximum Gasteiger partial charge on any atom is 0.271 e. The molecule has 8 heteroatoms. The Morgan fingerprint density at radius 2 is 1.96 bits per heavy atom. The Bertz CT molecular complexity index is 705. The Labute approximate surface area is 165 Å². The summed E-state index contributed by atoms with van der Waals surface area (Å²) in [5.74, 6) is -0.0647. The van der Waals surface area contributed by atoms with E-state index >= 15 is 0 Å². The van der Waals surface area contributed by atoms with Gasteiger partial charge in [-0.05, 0) is 44.7 Å². The number of likely N-dealkylation sites (tertiary alicyclic amines) is 1. The van der Waals surface area contributed by atoms with E-state index in [-0.39, 0.29) is 30.6 Å². The molecule has 154 valence electrons. The minimum atomic E-state index is -0.699. The van der Waals surface area contributed by atoms with Gasteiger partial charge in [-0.3, -0.25) is 14.3 Å². The van der Waals surface area contributed by atoms with Crippen molar-refractivity contribution in [2.24, 2.45) is 5.92 Å². The monoisotopic (exact) mass is 389 g/mol. The van der Waals surface area contributed by atoms with E-state index in [0.717, 1.165) is 32.0 Å². The number of aliphatic hydroxyl groups is 1. The first kappa shape index (κ1) is 19.4. The van der Waals surface area contributed by atoms with Crippen molar-refractivity contribution in [2.75, 3.05) is 26.2 Å². The van der Waals surface area contributed by atoms with Gasteiger partial charge in [0.1, 0.15) is 5.69 Å². The number of β-amino-alcohol motifs (C(OH)–C–C–N with tert-alkyl or cyclic N) is 1. The van der Waals surface area contributed by atoms with Crippen molar-refractivity contribution in [1.82, 2.24) is 25.3 Å². The molecule has 1 atom stereocenters. The Hall–Kier alpha value is -1.93. The lowest BCUT2D eigenvalue weighted by molar-refractivity contribution is 0.0893. The van der Waals surface area contributed by atoms with Crippen LogP contribution in [-0.4, -0.2) is 69.9 Å². The summed E-state index contributed by atoms with van der Waals surface area (Å²) in [5.41, 5.74) is 0.557. The van der Waals surface area contributed by atoms with Crippen LogP contribution >= 0.6 is 0 Å². The van der Waals surface area contributed by atoms with Crippen LogP contribution in [0.1, 0.15) is 65.9 Å². The Morgan fingerprint density at radius 3 is 2.71 bits per heavy atom. The van der Waals surface area contributed by atoms with Gasteiger partial charge in [0.25, 0.3) is 11.8 Å². The highest BCUT2D eigenvalue weighted by Gasteiger charge is 2.27. The van der Waals surface area contributed by atoms with Crippen LogP contribution in [0.3, 0.4) is 0 Å². The number of rotatable bonds is 4. The predicted octanol–water partition coefficient (Wildman–Crippen LogP) is 0.762. The Morgan fingerprint density at radius 1 is 1.21 bits per heavy atom. The van der Waals surface area contributed by atoms with Gasteiger partial charge in [0, 0.05) is 25.2 Å². The van der Waals surface area contributed by atoms with Crippen LogP contribution in [0.5, 0.6) is 0 Å². The minimum absolute atomic E-state index is 0.198. The van der Waals surface area contributed by atoms with E-state index in [1.54, 1.807) is 0 Å². The quantitative estimate of drug-likeness (QED) is 0.706. The molecule has 0 aromatic carbocycles. The normalized spacial score (nSPS) is 25.0. The van der Waals surface area contributed by atoms with Crippen molar-refractivity contribution >= 4 is 11.8 Å². The van der Waals surface area contributed by atoms with Crippen molar-refractivity contribution in [3.8, 4) is 0 Å². The third-order valence-corrected chi connectivity index (χ3v) is 6.42. The summed E-state index contributed by atoms with van der Waals surface area (Å²) in [6.45, 7) is 3.31. The molecule has 0 radical (unpaired) electrons. The van der Waals surface area contributed by atoms with Crippen LogP contribution in [0, 0.1) is 5.92 Å². The number of carbonyl (C=O) groups excluding carboxylic acids is 2. The molecule has 1 aliphatic carbocycles. The number of piperidine rings is 1. The van der Waals surface area contributed by atoms with Gasteiger partial charge in [-0.25, -0.2) is 0 Å². The number of hydrogen-bond donors (Lipinski definition) is 3. The molecule has 4 rings (SSSR count). The number of nitrogens with zero attached hydrogens (tertiary/aromatic N) is 3. The van der Waals surface area contributed by atoms with E-state index in [4.69, 9.17) is 0 Å². The van der Waals surface area contributed by atoms with E-state index in [9.17, 15) is 14.7 Å². The molecule has 28 heavy (non-hydrogen) atoms. The SMILES string of the molecule is O=C(NCC1CCN(C2CCCCC2)CC1)c1cc2n(n1)CC(O)CNC2=O. The number of fused-ring (bicyclic) bond motifs is 1. The maximum atomic E-state index is 12.5. The molecule has 2 aliphatic heterocycles. The van der Waals surface area contributed by atoms with Crippen molar-refractivity contribution < 1.29 is 14.7 Å².